The van der Waals surface area contributed by atoms with Gasteiger partial charge in [-0.3, -0.25) is 0 Å². The summed E-state index contributed by atoms with van der Waals surface area (Å²) >= 11 is 0. The summed E-state index contributed by atoms with van der Waals surface area (Å²) in [6, 6.07) is -0.522. The second-order valence-corrected chi connectivity index (χ2v) is 3.06. The Kier molecular flexibility index (Phi) is 6.92. The summed E-state index contributed by atoms with van der Waals surface area (Å²) in [5.41, 5.74) is 0. The predicted molar refractivity (Wildman–Crippen MR) is 49.2 cm³/mol. The lowest BCUT2D eigenvalue weighted by Crippen LogP contribution is -2.34. The van der Waals surface area contributed by atoms with Gasteiger partial charge in [-0.15, -0.1) is 0 Å². The molecule has 0 saturated carbocycles. The first-order valence-corrected chi connectivity index (χ1v) is 4.87. The fourth-order valence-electron chi connectivity index (χ4n) is 1.21. The van der Waals surface area contributed by atoms with Crippen LogP contribution in [0.5, 0.6) is 0 Å². The van der Waals surface area contributed by atoms with Crippen molar-refractivity contribution in [2.45, 2.75) is 38.9 Å². The maximum absolute atomic E-state index is 12.1. The van der Waals surface area contributed by atoms with Crippen molar-refractivity contribution in [2.24, 2.45) is 0 Å². The first-order chi connectivity index (χ1) is 6.49. The van der Waals surface area contributed by atoms with E-state index in [-0.39, 0.29) is 0 Å². The van der Waals surface area contributed by atoms with Gasteiger partial charge in [-0.25, -0.2) is 0 Å². The van der Waals surface area contributed by atoms with Gasteiger partial charge in [0.05, 0.1) is 6.42 Å². The molecule has 0 aliphatic carbocycles. The lowest BCUT2D eigenvalue weighted by molar-refractivity contribution is -0.140. The summed E-state index contributed by atoms with van der Waals surface area (Å²) in [5.74, 6) is 0. The first kappa shape index (κ1) is 13.7. The Labute approximate surface area is 82.8 Å². The average molecular weight is 213 g/mol. The smallest absolute Gasteiger partial charge is 0.382 e. The molecule has 0 aromatic heterocycles. The molecule has 0 radical (unpaired) electrons. The van der Waals surface area contributed by atoms with Crippen molar-refractivity contribution in [3.05, 3.63) is 0 Å². The minimum atomic E-state index is -4.10. The lowest BCUT2D eigenvalue weighted by atomic mass is 10.1. The van der Waals surface area contributed by atoms with Crippen LogP contribution in [0.3, 0.4) is 0 Å². The van der Waals surface area contributed by atoms with Crippen LogP contribution in [0, 0.1) is 0 Å². The molecule has 0 bridgehead atoms. The van der Waals surface area contributed by atoms with Crippen LogP contribution < -0.4 is 5.32 Å². The van der Waals surface area contributed by atoms with E-state index >= 15 is 0 Å². The quantitative estimate of drug-likeness (QED) is 0.655. The molecule has 0 rings (SSSR count). The van der Waals surface area contributed by atoms with Gasteiger partial charge in [0.15, 0.2) is 0 Å². The van der Waals surface area contributed by atoms with Gasteiger partial charge in [-0.2, -0.15) is 13.2 Å². The van der Waals surface area contributed by atoms with E-state index in [1.807, 2.05) is 6.92 Å². The minimum Gasteiger partial charge on any atom is -0.382 e. The summed E-state index contributed by atoms with van der Waals surface area (Å²) < 4.78 is 41.2. The molecule has 0 spiro atoms. The maximum atomic E-state index is 12.1. The summed E-state index contributed by atoms with van der Waals surface area (Å²) in [7, 11) is 0. The summed E-state index contributed by atoms with van der Waals surface area (Å²) in [4.78, 5) is 0. The summed E-state index contributed by atoms with van der Waals surface area (Å²) in [5, 5.41) is 2.80. The standard InChI is InChI=1S/C9H18F3NO/c1-3-13-8(5-6-14-4-2)7-9(10,11)12/h8,13H,3-7H2,1-2H3. The van der Waals surface area contributed by atoms with Gasteiger partial charge < -0.3 is 10.1 Å². The third kappa shape index (κ3) is 8.31. The zero-order valence-corrected chi connectivity index (χ0v) is 8.66. The van der Waals surface area contributed by atoms with Crippen LogP contribution in [-0.2, 0) is 4.74 Å². The highest BCUT2D eigenvalue weighted by molar-refractivity contribution is 4.70. The monoisotopic (exact) mass is 213 g/mol. The number of alkyl halides is 3. The van der Waals surface area contributed by atoms with E-state index < -0.39 is 18.6 Å². The number of ether oxygens (including phenoxy) is 1. The predicted octanol–water partition coefficient (Wildman–Crippen LogP) is 2.34. The SMILES string of the molecule is CCNC(CCOCC)CC(F)(F)F. The maximum Gasteiger partial charge on any atom is 0.390 e. The molecule has 2 nitrogen and oxygen atoms in total. The number of hydrogen-bond donors (Lipinski definition) is 1. The first-order valence-electron chi connectivity index (χ1n) is 4.87. The third-order valence-electron chi connectivity index (χ3n) is 1.79. The molecule has 5 heteroatoms. The molecule has 1 atom stereocenters. The van der Waals surface area contributed by atoms with E-state index in [4.69, 9.17) is 4.74 Å². The van der Waals surface area contributed by atoms with Crippen LogP contribution in [0.15, 0.2) is 0 Å². The molecule has 0 amide bonds. The minimum absolute atomic E-state index is 0.379. The van der Waals surface area contributed by atoms with Gasteiger partial charge in [0.2, 0.25) is 0 Å². The topological polar surface area (TPSA) is 21.3 Å². The highest BCUT2D eigenvalue weighted by Crippen LogP contribution is 2.22. The van der Waals surface area contributed by atoms with Crippen LogP contribution in [0.1, 0.15) is 26.7 Å². The van der Waals surface area contributed by atoms with E-state index in [0.717, 1.165) is 0 Å². The molecule has 0 saturated heterocycles. The molecule has 0 aromatic carbocycles. The molecular formula is C9H18F3NO. The van der Waals surface area contributed by atoms with Crippen LogP contribution in [-0.4, -0.2) is 32.0 Å². The molecule has 0 aliphatic rings. The molecule has 1 N–H and O–H groups in total. The van der Waals surface area contributed by atoms with Crippen LogP contribution in [0.25, 0.3) is 0 Å². The van der Waals surface area contributed by atoms with E-state index in [2.05, 4.69) is 5.32 Å². The van der Waals surface area contributed by atoms with Gasteiger partial charge in [-0.05, 0) is 19.9 Å². The number of rotatable bonds is 7. The van der Waals surface area contributed by atoms with Crippen molar-refractivity contribution in [1.82, 2.24) is 5.32 Å². The molecule has 1 unspecified atom stereocenters. The van der Waals surface area contributed by atoms with Gasteiger partial charge in [0.25, 0.3) is 0 Å². The largest absolute Gasteiger partial charge is 0.390 e. The lowest BCUT2D eigenvalue weighted by Gasteiger charge is -2.19. The van der Waals surface area contributed by atoms with Crippen molar-refractivity contribution >= 4 is 0 Å². The second kappa shape index (κ2) is 7.06. The fourth-order valence-corrected chi connectivity index (χ4v) is 1.21. The van der Waals surface area contributed by atoms with Crippen molar-refractivity contribution < 1.29 is 17.9 Å². The van der Waals surface area contributed by atoms with Gasteiger partial charge in [-0.1, -0.05) is 6.92 Å². The van der Waals surface area contributed by atoms with E-state index in [9.17, 15) is 13.2 Å². The molecule has 0 heterocycles. The molecule has 0 aliphatic heterocycles. The Morgan fingerprint density at radius 1 is 1.29 bits per heavy atom. The van der Waals surface area contributed by atoms with Crippen LogP contribution in [0.2, 0.25) is 0 Å². The highest BCUT2D eigenvalue weighted by Gasteiger charge is 2.31. The Hall–Kier alpha value is -0.290. The van der Waals surface area contributed by atoms with Crippen molar-refractivity contribution in [3.8, 4) is 0 Å². The number of hydrogen-bond acceptors (Lipinski definition) is 2. The van der Waals surface area contributed by atoms with Crippen molar-refractivity contribution in [1.29, 1.82) is 0 Å². The normalized spacial score (nSPS) is 14.4. The molecule has 0 aromatic rings. The van der Waals surface area contributed by atoms with E-state index in [1.165, 1.54) is 0 Å². The van der Waals surface area contributed by atoms with Crippen LogP contribution >= 0.6 is 0 Å². The summed E-state index contributed by atoms with van der Waals surface area (Å²) in [6.07, 6.45) is -4.48. The second-order valence-electron chi connectivity index (χ2n) is 3.06. The zero-order chi connectivity index (χ0) is 11.0. The van der Waals surface area contributed by atoms with E-state index in [1.54, 1.807) is 6.92 Å². The van der Waals surface area contributed by atoms with E-state index in [0.29, 0.717) is 26.2 Å². The van der Waals surface area contributed by atoms with Gasteiger partial charge >= 0.3 is 6.18 Å². The van der Waals surface area contributed by atoms with Crippen molar-refractivity contribution in [3.63, 3.8) is 0 Å². The zero-order valence-electron chi connectivity index (χ0n) is 8.66. The Balaban J connectivity index is 3.77. The van der Waals surface area contributed by atoms with Crippen molar-refractivity contribution in [2.75, 3.05) is 19.8 Å². The average Bonchev–Trinajstić information content (AvgIpc) is 2.02. The fraction of sp³-hybridized carbons (Fsp3) is 1.00. The van der Waals surface area contributed by atoms with Crippen LogP contribution in [0.4, 0.5) is 13.2 Å². The molecule has 14 heavy (non-hydrogen) atoms. The molecule has 86 valence electrons. The molecular weight excluding hydrogens is 195 g/mol. The Morgan fingerprint density at radius 2 is 1.93 bits per heavy atom. The Morgan fingerprint density at radius 3 is 2.36 bits per heavy atom. The Bertz CT molecular complexity index is 139. The summed E-state index contributed by atoms with van der Waals surface area (Å²) in [6.45, 7) is 5.10. The van der Waals surface area contributed by atoms with Gasteiger partial charge in [0, 0.05) is 19.3 Å². The highest BCUT2D eigenvalue weighted by atomic mass is 19.4. The third-order valence-corrected chi connectivity index (χ3v) is 1.79. The number of halogens is 3. The molecule has 0 fully saturated rings. The van der Waals surface area contributed by atoms with Gasteiger partial charge in [0.1, 0.15) is 0 Å². The number of nitrogens with one attached hydrogen (secondary N) is 1.